The molecule has 2 aromatic rings. The SMILES string of the molecule is COCC(=O)OCc1cc(=O)n2c3c(sc2n1)CCCC3. The van der Waals surface area contributed by atoms with Gasteiger partial charge in [0.2, 0.25) is 0 Å². The minimum Gasteiger partial charge on any atom is -0.457 e. The van der Waals surface area contributed by atoms with Gasteiger partial charge in [-0.2, -0.15) is 0 Å². The lowest BCUT2D eigenvalue weighted by Crippen LogP contribution is -2.19. The van der Waals surface area contributed by atoms with Gasteiger partial charge in [0, 0.05) is 23.7 Å². The number of thiazole rings is 1. The smallest absolute Gasteiger partial charge is 0.332 e. The molecular formula is C14H16N2O4S. The lowest BCUT2D eigenvalue weighted by atomic mass is 10.0. The van der Waals surface area contributed by atoms with Crippen molar-refractivity contribution in [2.24, 2.45) is 0 Å². The Morgan fingerprint density at radius 2 is 2.24 bits per heavy atom. The molecule has 0 radical (unpaired) electrons. The second-order valence-electron chi connectivity index (χ2n) is 4.98. The summed E-state index contributed by atoms with van der Waals surface area (Å²) in [4.78, 5) is 29.9. The number of hydrogen-bond acceptors (Lipinski definition) is 6. The van der Waals surface area contributed by atoms with Gasteiger partial charge in [-0.3, -0.25) is 9.20 Å². The molecule has 2 heterocycles. The van der Waals surface area contributed by atoms with Crippen molar-refractivity contribution < 1.29 is 14.3 Å². The molecule has 0 atom stereocenters. The zero-order valence-corrected chi connectivity index (χ0v) is 12.6. The average Bonchev–Trinajstić information content (AvgIpc) is 2.84. The van der Waals surface area contributed by atoms with Crippen molar-refractivity contribution in [3.8, 4) is 0 Å². The van der Waals surface area contributed by atoms with E-state index < -0.39 is 5.97 Å². The van der Waals surface area contributed by atoms with Crippen LogP contribution >= 0.6 is 11.3 Å². The van der Waals surface area contributed by atoms with E-state index in [0.717, 1.165) is 31.4 Å². The van der Waals surface area contributed by atoms with E-state index in [1.165, 1.54) is 18.1 Å². The molecule has 1 aliphatic rings. The molecule has 21 heavy (non-hydrogen) atoms. The molecule has 0 saturated heterocycles. The van der Waals surface area contributed by atoms with Gasteiger partial charge in [-0.25, -0.2) is 9.78 Å². The molecule has 0 aromatic carbocycles. The number of rotatable bonds is 4. The summed E-state index contributed by atoms with van der Waals surface area (Å²) in [6.07, 6.45) is 4.22. The van der Waals surface area contributed by atoms with Crippen LogP contribution in [0.25, 0.3) is 4.96 Å². The Balaban J connectivity index is 1.89. The van der Waals surface area contributed by atoms with Gasteiger partial charge < -0.3 is 9.47 Å². The third-order valence-corrected chi connectivity index (χ3v) is 4.60. The number of ether oxygens (including phenoxy) is 2. The largest absolute Gasteiger partial charge is 0.457 e. The summed E-state index contributed by atoms with van der Waals surface area (Å²) in [6.45, 7) is -0.106. The molecule has 0 unspecified atom stereocenters. The maximum atomic E-state index is 12.3. The minimum atomic E-state index is -0.468. The Kier molecular flexibility index (Phi) is 4.03. The molecule has 112 valence electrons. The lowest BCUT2D eigenvalue weighted by molar-refractivity contribution is -0.149. The van der Waals surface area contributed by atoms with Crippen LogP contribution in [0.1, 0.15) is 29.1 Å². The maximum Gasteiger partial charge on any atom is 0.332 e. The molecule has 1 aliphatic carbocycles. The molecule has 0 fully saturated rings. The Bertz CT molecular complexity index is 734. The molecule has 0 aliphatic heterocycles. The first-order valence-corrected chi connectivity index (χ1v) is 7.68. The Labute approximate surface area is 125 Å². The fourth-order valence-electron chi connectivity index (χ4n) is 2.53. The molecule has 2 aromatic heterocycles. The van der Waals surface area contributed by atoms with Crippen molar-refractivity contribution in [2.75, 3.05) is 13.7 Å². The molecule has 0 N–H and O–H groups in total. The van der Waals surface area contributed by atoms with Crippen LogP contribution < -0.4 is 5.56 Å². The second kappa shape index (κ2) is 5.95. The minimum absolute atomic E-state index is 0.00347. The van der Waals surface area contributed by atoms with Crippen LogP contribution in [-0.4, -0.2) is 29.1 Å². The summed E-state index contributed by atoms with van der Waals surface area (Å²) in [5.74, 6) is -0.468. The van der Waals surface area contributed by atoms with Crippen molar-refractivity contribution in [1.82, 2.24) is 9.38 Å². The first-order chi connectivity index (χ1) is 10.2. The first kappa shape index (κ1) is 14.2. The zero-order valence-electron chi connectivity index (χ0n) is 11.8. The third-order valence-electron chi connectivity index (χ3n) is 3.46. The highest BCUT2D eigenvalue weighted by Crippen LogP contribution is 2.28. The normalized spacial score (nSPS) is 14.1. The molecule has 0 amide bonds. The highest BCUT2D eigenvalue weighted by Gasteiger charge is 2.18. The van der Waals surface area contributed by atoms with Crippen LogP contribution in [0.5, 0.6) is 0 Å². The van der Waals surface area contributed by atoms with Crippen molar-refractivity contribution in [1.29, 1.82) is 0 Å². The number of methoxy groups -OCH3 is 1. The van der Waals surface area contributed by atoms with E-state index in [4.69, 9.17) is 4.74 Å². The first-order valence-electron chi connectivity index (χ1n) is 6.87. The average molecular weight is 308 g/mol. The highest BCUT2D eigenvalue weighted by atomic mass is 32.1. The molecule has 0 spiro atoms. The highest BCUT2D eigenvalue weighted by molar-refractivity contribution is 7.17. The fourth-order valence-corrected chi connectivity index (χ4v) is 3.76. The lowest BCUT2D eigenvalue weighted by Gasteiger charge is -2.10. The molecule has 0 saturated carbocycles. The van der Waals surface area contributed by atoms with E-state index in [2.05, 4.69) is 9.72 Å². The number of esters is 1. The third kappa shape index (κ3) is 2.84. The molecule has 3 rings (SSSR count). The molecule has 0 bridgehead atoms. The van der Waals surface area contributed by atoms with Crippen molar-refractivity contribution in [3.05, 3.63) is 32.7 Å². The summed E-state index contributed by atoms with van der Waals surface area (Å²) in [5.41, 5.74) is 1.47. The van der Waals surface area contributed by atoms with E-state index in [0.29, 0.717) is 10.7 Å². The quantitative estimate of drug-likeness (QED) is 0.797. The van der Waals surface area contributed by atoms with Crippen molar-refractivity contribution >= 4 is 22.3 Å². The van der Waals surface area contributed by atoms with Gasteiger partial charge in [0.1, 0.15) is 13.2 Å². The Morgan fingerprint density at radius 1 is 1.43 bits per heavy atom. The van der Waals surface area contributed by atoms with Crippen LogP contribution in [0.3, 0.4) is 0 Å². The maximum absolute atomic E-state index is 12.3. The van der Waals surface area contributed by atoms with Gasteiger partial charge in [0.25, 0.3) is 5.56 Å². The van der Waals surface area contributed by atoms with E-state index >= 15 is 0 Å². The van der Waals surface area contributed by atoms with E-state index in [1.807, 2.05) is 0 Å². The van der Waals surface area contributed by atoms with E-state index in [1.54, 1.807) is 15.7 Å². The van der Waals surface area contributed by atoms with Gasteiger partial charge in [-0.1, -0.05) is 0 Å². The number of nitrogens with zero attached hydrogens (tertiary/aromatic N) is 2. The predicted octanol–water partition coefficient (Wildman–Crippen LogP) is 1.32. The van der Waals surface area contributed by atoms with Gasteiger partial charge in [-0.15, -0.1) is 11.3 Å². The van der Waals surface area contributed by atoms with Crippen molar-refractivity contribution in [3.63, 3.8) is 0 Å². The number of hydrogen-bond donors (Lipinski definition) is 0. The summed E-state index contributed by atoms with van der Waals surface area (Å²) in [6, 6.07) is 1.44. The van der Waals surface area contributed by atoms with E-state index in [-0.39, 0.29) is 18.8 Å². The number of carbonyl (C=O) groups excluding carboxylic acids is 1. The number of fused-ring (bicyclic) bond motifs is 3. The van der Waals surface area contributed by atoms with Crippen LogP contribution in [0, 0.1) is 0 Å². The number of aromatic nitrogens is 2. The van der Waals surface area contributed by atoms with Gasteiger partial charge in [0.05, 0.1) is 5.69 Å². The Morgan fingerprint density at radius 3 is 3.05 bits per heavy atom. The topological polar surface area (TPSA) is 69.9 Å². The molecule has 6 nitrogen and oxygen atoms in total. The van der Waals surface area contributed by atoms with E-state index in [9.17, 15) is 9.59 Å². The summed E-state index contributed by atoms with van der Waals surface area (Å²) >= 11 is 1.56. The number of carbonyl (C=O) groups is 1. The van der Waals surface area contributed by atoms with Crippen LogP contribution in [0.2, 0.25) is 0 Å². The second-order valence-corrected chi connectivity index (χ2v) is 6.04. The predicted molar refractivity (Wildman–Crippen MR) is 77.7 cm³/mol. The molecule has 7 heteroatoms. The van der Waals surface area contributed by atoms with Crippen LogP contribution in [0.15, 0.2) is 10.9 Å². The summed E-state index contributed by atoms with van der Waals surface area (Å²) in [7, 11) is 1.42. The number of aryl methyl sites for hydroxylation is 2. The Hall–Kier alpha value is -1.73. The van der Waals surface area contributed by atoms with Gasteiger partial charge in [-0.05, 0) is 25.7 Å². The van der Waals surface area contributed by atoms with Gasteiger partial charge >= 0.3 is 5.97 Å². The molecular weight excluding hydrogens is 292 g/mol. The zero-order chi connectivity index (χ0) is 14.8. The van der Waals surface area contributed by atoms with Crippen molar-refractivity contribution in [2.45, 2.75) is 32.3 Å². The van der Waals surface area contributed by atoms with Crippen LogP contribution in [-0.2, 0) is 33.7 Å². The fraction of sp³-hybridized carbons (Fsp3) is 0.500. The summed E-state index contributed by atoms with van der Waals surface area (Å²) < 4.78 is 11.4. The van der Waals surface area contributed by atoms with Gasteiger partial charge in [0.15, 0.2) is 4.96 Å². The standard InChI is InChI=1S/C14H16N2O4S/c1-19-8-13(18)20-7-9-6-12(17)16-10-4-2-3-5-11(10)21-14(16)15-9/h6H,2-5,7-8H2,1H3. The summed E-state index contributed by atoms with van der Waals surface area (Å²) in [5, 5.41) is 0. The van der Waals surface area contributed by atoms with Crippen LogP contribution in [0.4, 0.5) is 0 Å². The monoisotopic (exact) mass is 308 g/mol.